The molecule has 4 N–H and O–H groups in total. The summed E-state index contributed by atoms with van der Waals surface area (Å²) in [6.07, 6.45) is 2.47. The van der Waals surface area contributed by atoms with Gasteiger partial charge < -0.3 is 35.3 Å². The van der Waals surface area contributed by atoms with Crippen molar-refractivity contribution in [1.29, 1.82) is 0 Å². The van der Waals surface area contributed by atoms with Gasteiger partial charge in [-0.3, -0.25) is 4.79 Å². The minimum atomic E-state index is -0.394. The third-order valence-electron chi connectivity index (χ3n) is 8.10. The number of furan rings is 1. The Kier molecular flexibility index (Phi) is 7.85. The van der Waals surface area contributed by atoms with Crippen LogP contribution in [0.25, 0.3) is 33.6 Å². The first-order valence-electron chi connectivity index (χ1n) is 15.0. The van der Waals surface area contributed by atoms with E-state index < -0.39 is 6.03 Å². The van der Waals surface area contributed by atoms with Gasteiger partial charge in [-0.25, -0.2) is 14.8 Å². The van der Waals surface area contributed by atoms with E-state index in [9.17, 15) is 9.59 Å². The molecule has 4 heterocycles. The van der Waals surface area contributed by atoms with Crippen molar-refractivity contribution in [3.63, 3.8) is 0 Å². The second-order valence-electron chi connectivity index (χ2n) is 11.2. The van der Waals surface area contributed by atoms with Crippen LogP contribution < -0.4 is 21.3 Å². The summed E-state index contributed by atoms with van der Waals surface area (Å²) < 4.78 is 11.2. The Hall–Kier alpha value is -5.26. The lowest BCUT2D eigenvalue weighted by Gasteiger charge is -2.29. The Morgan fingerprint density at radius 2 is 1.56 bits per heavy atom. The van der Waals surface area contributed by atoms with E-state index in [-0.39, 0.29) is 11.9 Å². The zero-order valence-corrected chi connectivity index (χ0v) is 24.6. The number of carbonyl (C=O) groups excluding carboxylic acids is 2. The zero-order chi connectivity index (χ0) is 30.8. The minimum absolute atomic E-state index is 0.0290. The normalized spacial score (nSPS) is 16.6. The number of amides is 3. The third-order valence-corrected chi connectivity index (χ3v) is 8.10. The summed E-state index contributed by atoms with van der Waals surface area (Å²) in [5.41, 5.74) is 10.3. The van der Waals surface area contributed by atoms with Gasteiger partial charge in [-0.15, -0.1) is 0 Å². The van der Waals surface area contributed by atoms with Crippen LogP contribution in [0.3, 0.4) is 0 Å². The summed E-state index contributed by atoms with van der Waals surface area (Å²) in [7, 11) is 0. The second kappa shape index (κ2) is 12.4. The van der Waals surface area contributed by atoms with E-state index in [0.29, 0.717) is 49.1 Å². The molecular weight excluding hydrogens is 570 g/mol. The molecule has 45 heavy (non-hydrogen) atoms. The van der Waals surface area contributed by atoms with Crippen molar-refractivity contribution in [3.05, 3.63) is 90.7 Å². The molecule has 3 aromatic carbocycles. The summed E-state index contributed by atoms with van der Waals surface area (Å²) in [5.74, 6) is 2.17. The number of hydrogen-bond donors (Lipinski definition) is 3. The number of hydrogen-bond acceptors (Lipinski definition) is 8. The van der Waals surface area contributed by atoms with E-state index in [2.05, 4.69) is 15.5 Å². The molecule has 2 aromatic heterocycles. The van der Waals surface area contributed by atoms with Crippen LogP contribution in [0.15, 0.2) is 89.5 Å². The highest BCUT2D eigenvalue weighted by molar-refractivity contribution is 6.01. The van der Waals surface area contributed by atoms with E-state index in [1.165, 1.54) is 0 Å². The van der Waals surface area contributed by atoms with Crippen molar-refractivity contribution in [3.8, 4) is 22.7 Å². The predicted molar refractivity (Wildman–Crippen MR) is 173 cm³/mol. The molecule has 7 rings (SSSR count). The van der Waals surface area contributed by atoms with Gasteiger partial charge in [0.05, 0.1) is 25.0 Å². The smallest absolute Gasteiger partial charge is 0.323 e. The van der Waals surface area contributed by atoms with Crippen LogP contribution in [-0.2, 0) is 4.74 Å². The number of fused-ring (bicyclic) bond motifs is 1. The van der Waals surface area contributed by atoms with Gasteiger partial charge in [0, 0.05) is 65.7 Å². The molecule has 2 aliphatic rings. The van der Waals surface area contributed by atoms with Gasteiger partial charge >= 0.3 is 6.03 Å². The molecule has 2 aliphatic heterocycles. The topological polar surface area (TPSA) is 139 Å². The Labute approximate surface area is 260 Å². The first-order valence-corrected chi connectivity index (χ1v) is 15.0. The molecule has 0 bridgehead atoms. The number of nitrogens with two attached hydrogens (primary N) is 1. The quantitative estimate of drug-likeness (QED) is 0.240. The lowest BCUT2D eigenvalue weighted by atomic mass is 10.1. The summed E-state index contributed by atoms with van der Waals surface area (Å²) in [6.45, 7) is 4.00. The van der Waals surface area contributed by atoms with E-state index in [4.69, 9.17) is 24.9 Å². The number of aromatic nitrogens is 2. The van der Waals surface area contributed by atoms with Crippen LogP contribution in [0.5, 0.6) is 0 Å². The number of likely N-dealkylation sites (tertiary alicyclic amines) is 1. The average Bonchev–Trinajstić information content (AvgIpc) is 3.77. The molecule has 3 amide bonds. The Balaban J connectivity index is 1.07. The number of ether oxygens (including phenoxy) is 1. The fraction of sp³-hybridized carbons (Fsp3) is 0.235. The molecule has 5 aromatic rings. The first-order chi connectivity index (χ1) is 22.0. The standard InChI is InChI=1S/C34H33N7O4/c35-25-13-14-41(21-25)33(42)23-5-10-27(11-6-23)37-34(43)36-26-8-3-22(4-9-26)31-38-29-20-24(30-2-1-17-45-30)7-12-28(29)32(39-31)40-15-18-44-19-16-40/h1-12,17,20,25H,13-16,18-19,21,35H2,(H2,36,37,43)/t25-/m0/s1. The summed E-state index contributed by atoms with van der Waals surface area (Å²) in [4.78, 5) is 39.3. The molecule has 0 saturated carbocycles. The van der Waals surface area contributed by atoms with Crippen LogP contribution in [0.1, 0.15) is 16.8 Å². The highest BCUT2D eigenvalue weighted by Crippen LogP contribution is 2.32. The van der Waals surface area contributed by atoms with Crippen LogP contribution in [0, 0.1) is 0 Å². The highest BCUT2D eigenvalue weighted by atomic mass is 16.5. The summed E-state index contributed by atoms with van der Waals surface area (Å²) in [5, 5.41) is 6.64. The van der Waals surface area contributed by atoms with Gasteiger partial charge in [-0.2, -0.15) is 0 Å². The van der Waals surface area contributed by atoms with Gasteiger partial charge in [0.25, 0.3) is 5.91 Å². The number of nitrogens with one attached hydrogen (secondary N) is 2. The number of urea groups is 1. The zero-order valence-electron chi connectivity index (χ0n) is 24.6. The first kappa shape index (κ1) is 28.5. The maximum atomic E-state index is 12.7. The molecule has 11 nitrogen and oxygen atoms in total. The second-order valence-corrected chi connectivity index (χ2v) is 11.2. The monoisotopic (exact) mass is 603 g/mol. The van der Waals surface area contributed by atoms with Crippen molar-refractivity contribution in [2.45, 2.75) is 12.5 Å². The molecule has 1 atom stereocenters. The molecule has 11 heteroatoms. The third kappa shape index (κ3) is 6.21. The van der Waals surface area contributed by atoms with Crippen LogP contribution >= 0.6 is 0 Å². The largest absolute Gasteiger partial charge is 0.464 e. The number of carbonyl (C=O) groups is 2. The minimum Gasteiger partial charge on any atom is -0.464 e. The number of rotatable bonds is 6. The van der Waals surface area contributed by atoms with E-state index in [1.807, 2.05) is 54.6 Å². The van der Waals surface area contributed by atoms with Crippen molar-refractivity contribution in [2.24, 2.45) is 5.73 Å². The molecule has 0 unspecified atom stereocenters. The van der Waals surface area contributed by atoms with E-state index in [1.54, 1.807) is 35.4 Å². The predicted octanol–water partition coefficient (Wildman–Crippen LogP) is 5.21. The van der Waals surface area contributed by atoms with Crippen LogP contribution in [-0.4, -0.2) is 72.2 Å². The number of morpholine rings is 1. The summed E-state index contributed by atoms with van der Waals surface area (Å²) in [6, 6.07) is 23.8. The Morgan fingerprint density at radius 3 is 2.22 bits per heavy atom. The highest BCUT2D eigenvalue weighted by Gasteiger charge is 2.24. The van der Waals surface area contributed by atoms with Gasteiger partial charge in [0.1, 0.15) is 11.6 Å². The van der Waals surface area contributed by atoms with E-state index in [0.717, 1.165) is 53.1 Å². The van der Waals surface area contributed by atoms with Crippen molar-refractivity contribution in [1.82, 2.24) is 14.9 Å². The molecule has 2 saturated heterocycles. The van der Waals surface area contributed by atoms with Crippen molar-refractivity contribution in [2.75, 3.05) is 54.9 Å². The van der Waals surface area contributed by atoms with Gasteiger partial charge in [0.2, 0.25) is 0 Å². The van der Waals surface area contributed by atoms with Crippen molar-refractivity contribution >= 4 is 40.0 Å². The van der Waals surface area contributed by atoms with Crippen molar-refractivity contribution < 1.29 is 18.7 Å². The lowest BCUT2D eigenvalue weighted by Crippen LogP contribution is -2.37. The molecular formula is C34H33N7O4. The SMILES string of the molecule is N[C@H]1CCN(C(=O)c2ccc(NC(=O)Nc3ccc(-c4nc(N5CCOCC5)c5ccc(-c6ccco6)cc5n4)cc3)cc2)C1. The molecule has 2 fully saturated rings. The molecule has 0 spiro atoms. The van der Waals surface area contributed by atoms with Crippen LogP contribution in [0.4, 0.5) is 22.0 Å². The Bertz CT molecular complexity index is 1820. The van der Waals surface area contributed by atoms with E-state index >= 15 is 0 Å². The molecule has 228 valence electrons. The van der Waals surface area contributed by atoms with Gasteiger partial charge in [0.15, 0.2) is 5.82 Å². The molecule has 0 radical (unpaired) electrons. The average molecular weight is 604 g/mol. The van der Waals surface area contributed by atoms with Gasteiger partial charge in [-0.1, -0.05) is 6.07 Å². The number of benzene rings is 3. The maximum Gasteiger partial charge on any atom is 0.323 e. The summed E-state index contributed by atoms with van der Waals surface area (Å²) >= 11 is 0. The maximum absolute atomic E-state index is 12.7. The lowest BCUT2D eigenvalue weighted by molar-refractivity contribution is 0.0791. The molecule has 0 aliphatic carbocycles. The fourth-order valence-electron chi connectivity index (χ4n) is 5.70. The number of nitrogens with zero attached hydrogens (tertiary/aromatic N) is 4. The van der Waals surface area contributed by atoms with Crippen LogP contribution in [0.2, 0.25) is 0 Å². The number of anilines is 3. The van der Waals surface area contributed by atoms with Gasteiger partial charge in [-0.05, 0) is 79.2 Å². The fourth-order valence-corrected chi connectivity index (χ4v) is 5.70. The Morgan fingerprint density at radius 1 is 0.844 bits per heavy atom.